The van der Waals surface area contributed by atoms with Gasteiger partial charge < -0.3 is 9.80 Å². The second-order valence-corrected chi connectivity index (χ2v) is 9.05. The molecule has 1 aromatic carbocycles. The topological polar surface area (TPSA) is 65.8 Å². The predicted molar refractivity (Wildman–Crippen MR) is 133 cm³/mol. The highest BCUT2D eigenvalue weighted by Gasteiger charge is 2.23. The highest BCUT2D eigenvalue weighted by molar-refractivity contribution is 5.59. The van der Waals surface area contributed by atoms with Crippen molar-refractivity contribution in [2.45, 2.75) is 26.3 Å². The maximum absolute atomic E-state index is 11.4. The van der Waals surface area contributed by atoms with Crippen molar-refractivity contribution in [3.05, 3.63) is 81.1 Å². The molecule has 0 radical (unpaired) electrons. The first-order valence-electron chi connectivity index (χ1n) is 11.7. The highest BCUT2D eigenvalue weighted by Crippen LogP contribution is 2.29. The van der Waals surface area contributed by atoms with E-state index in [1.165, 1.54) is 16.7 Å². The van der Waals surface area contributed by atoms with E-state index in [9.17, 15) is 10.1 Å². The fraction of sp³-hybridized carbons (Fsp3) is 0.423. The normalized spacial score (nSPS) is 18.1. The number of allylic oxidation sites excluding steroid dienone is 2. The number of hydrogen-bond acceptors (Lipinski definition) is 6. The number of benzene rings is 1. The molecule has 0 unspecified atom stereocenters. The first-order chi connectivity index (χ1) is 16.0. The number of aryl methyl sites for hydroxylation is 1. The Balaban J connectivity index is 1.33. The Bertz CT molecular complexity index is 1030. The van der Waals surface area contributed by atoms with E-state index in [1.54, 1.807) is 12.1 Å². The van der Waals surface area contributed by atoms with Crippen LogP contribution in [0.1, 0.15) is 29.7 Å². The van der Waals surface area contributed by atoms with E-state index < -0.39 is 0 Å². The van der Waals surface area contributed by atoms with Crippen LogP contribution in [-0.4, -0.2) is 66.0 Å². The number of piperazine rings is 1. The fourth-order valence-corrected chi connectivity index (χ4v) is 4.44. The number of rotatable bonds is 6. The molecular weight excluding hydrogens is 414 g/mol. The average Bonchev–Trinajstić information content (AvgIpc) is 2.81. The third-order valence-corrected chi connectivity index (χ3v) is 6.47. The van der Waals surface area contributed by atoms with Crippen LogP contribution >= 0.6 is 0 Å². The third-order valence-electron chi connectivity index (χ3n) is 6.47. The number of aromatic nitrogens is 1. The van der Waals surface area contributed by atoms with Crippen molar-refractivity contribution in [1.29, 1.82) is 0 Å². The largest absolute Gasteiger partial charge is 0.350 e. The number of pyridine rings is 1. The molecule has 3 heterocycles. The molecule has 0 saturated carbocycles. The van der Waals surface area contributed by atoms with Crippen LogP contribution in [0, 0.1) is 17.0 Å². The number of nitrogens with zero attached hydrogens (tertiary/aromatic N) is 5. The van der Waals surface area contributed by atoms with Gasteiger partial charge in [-0.05, 0) is 44.0 Å². The smallest absolute Gasteiger partial charge is 0.311 e. The fourth-order valence-electron chi connectivity index (χ4n) is 4.44. The van der Waals surface area contributed by atoms with Gasteiger partial charge in [-0.2, -0.15) is 0 Å². The summed E-state index contributed by atoms with van der Waals surface area (Å²) in [7, 11) is 2.18. The molecule has 2 aliphatic rings. The summed E-state index contributed by atoms with van der Waals surface area (Å²) in [6.07, 6.45) is 8.27. The molecule has 2 aromatic rings. The van der Waals surface area contributed by atoms with Crippen molar-refractivity contribution < 1.29 is 4.92 Å². The van der Waals surface area contributed by atoms with Gasteiger partial charge in [0.05, 0.1) is 4.92 Å². The van der Waals surface area contributed by atoms with Gasteiger partial charge in [0.1, 0.15) is 0 Å². The number of piperidine rings is 1. The second-order valence-electron chi connectivity index (χ2n) is 9.05. The summed E-state index contributed by atoms with van der Waals surface area (Å²) < 4.78 is 0. The number of anilines is 1. The Hall–Kier alpha value is -3.03. The quantitative estimate of drug-likeness (QED) is 0.486. The van der Waals surface area contributed by atoms with E-state index >= 15 is 0 Å². The van der Waals surface area contributed by atoms with E-state index in [-0.39, 0.29) is 10.6 Å². The van der Waals surface area contributed by atoms with Gasteiger partial charge >= 0.3 is 5.69 Å². The molecule has 0 atom stereocenters. The van der Waals surface area contributed by atoms with Crippen LogP contribution in [0.5, 0.6) is 0 Å². The van der Waals surface area contributed by atoms with Crippen molar-refractivity contribution in [1.82, 2.24) is 14.8 Å². The van der Waals surface area contributed by atoms with Gasteiger partial charge in [0.2, 0.25) is 5.82 Å². The molecule has 2 saturated heterocycles. The van der Waals surface area contributed by atoms with Gasteiger partial charge in [-0.25, -0.2) is 4.98 Å². The minimum atomic E-state index is -0.340. The summed E-state index contributed by atoms with van der Waals surface area (Å²) in [6, 6.07) is 12.0. The molecule has 1 aromatic heterocycles. The zero-order valence-corrected chi connectivity index (χ0v) is 19.6. The van der Waals surface area contributed by atoms with E-state index in [0.29, 0.717) is 5.82 Å². The van der Waals surface area contributed by atoms with Crippen LogP contribution in [0.15, 0.2) is 54.1 Å². The zero-order chi connectivity index (χ0) is 23.2. The van der Waals surface area contributed by atoms with Crippen molar-refractivity contribution in [3.8, 4) is 0 Å². The summed E-state index contributed by atoms with van der Waals surface area (Å²) in [5.41, 5.74) is 4.83. The number of likely N-dealkylation sites (N-methyl/N-ethyl adjacent to an activating group) is 1. The molecule has 0 spiro atoms. The van der Waals surface area contributed by atoms with Crippen LogP contribution in [-0.2, 0) is 6.54 Å². The zero-order valence-electron chi connectivity index (χ0n) is 19.6. The first kappa shape index (κ1) is 23.1. The first-order valence-corrected chi connectivity index (χ1v) is 11.7. The van der Waals surface area contributed by atoms with Crippen molar-refractivity contribution >= 4 is 17.6 Å². The summed E-state index contributed by atoms with van der Waals surface area (Å²) in [5, 5.41) is 11.4. The van der Waals surface area contributed by atoms with Crippen molar-refractivity contribution in [2.24, 2.45) is 0 Å². The Morgan fingerprint density at radius 1 is 1.06 bits per heavy atom. The molecular formula is C26H33N5O2. The van der Waals surface area contributed by atoms with Gasteiger partial charge in [-0.1, -0.05) is 48.1 Å². The molecule has 4 rings (SSSR count). The van der Waals surface area contributed by atoms with Gasteiger partial charge in [0, 0.05) is 57.6 Å². The lowest BCUT2D eigenvalue weighted by atomic mass is 10.0. The monoisotopic (exact) mass is 447 g/mol. The number of hydrogen-bond donors (Lipinski definition) is 0. The van der Waals surface area contributed by atoms with Crippen molar-refractivity contribution in [2.75, 3.05) is 51.2 Å². The Kier molecular flexibility index (Phi) is 7.52. The standard InChI is InChI=1S/C26H33N5O2/c1-21-9-10-25(31(32)33)26(27-21)30-13-11-22(12-14-30)5-3-6-23-7-4-8-24(19-23)20-29-17-15-28(2)16-18-29/h3-10,19H,11-18,20H2,1-2H3/b6-3+. The molecule has 7 nitrogen and oxygen atoms in total. The molecule has 2 fully saturated rings. The van der Waals surface area contributed by atoms with Crippen LogP contribution < -0.4 is 4.90 Å². The molecule has 0 bridgehead atoms. The molecule has 0 N–H and O–H groups in total. The maximum Gasteiger partial charge on any atom is 0.311 e. The van der Waals surface area contributed by atoms with E-state index in [4.69, 9.17) is 0 Å². The van der Waals surface area contributed by atoms with Gasteiger partial charge in [0.15, 0.2) is 0 Å². The number of nitro groups is 1. The molecule has 7 heteroatoms. The van der Waals surface area contributed by atoms with Gasteiger partial charge in [-0.3, -0.25) is 15.0 Å². The summed E-state index contributed by atoms with van der Waals surface area (Å²) in [4.78, 5) is 22.4. The van der Waals surface area contributed by atoms with E-state index in [1.807, 2.05) is 11.8 Å². The Morgan fingerprint density at radius 2 is 1.82 bits per heavy atom. The molecule has 0 aliphatic carbocycles. The second kappa shape index (κ2) is 10.7. The Morgan fingerprint density at radius 3 is 2.55 bits per heavy atom. The highest BCUT2D eigenvalue weighted by atomic mass is 16.6. The van der Waals surface area contributed by atoms with Crippen molar-refractivity contribution in [3.63, 3.8) is 0 Å². The van der Waals surface area contributed by atoms with E-state index in [0.717, 1.165) is 64.3 Å². The Labute approximate surface area is 196 Å². The summed E-state index contributed by atoms with van der Waals surface area (Å²) >= 11 is 0. The lowest BCUT2D eigenvalue weighted by Crippen LogP contribution is -2.43. The van der Waals surface area contributed by atoms with Gasteiger partial charge in [0.25, 0.3) is 0 Å². The van der Waals surface area contributed by atoms with Crippen LogP contribution in [0.3, 0.4) is 0 Å². The van der Waals surface area contributed by atoms with Crippen LogP contribution in [0.2, 0.25) is 0 Å². The molecule has 174 valence electrons. The summed E-state index contributed by atoms with van der Waals surface area (Å²) in [6.45, 7) is 8.89. The molecule has 2 aliphatic heterocycles. The molecule has 0 amide bonds. The minimum Gasteiger partial charge on any atom is -0.350 e. The lowest BCUT2D eigenvalue weighted by molar-refractivity contribution is -0.384. The van der Waals surface area contributed by atoms with Gasteiger partial charge in [-0.15, -0.1) is 0 Å². The maximum atomic E-state index is 11.4. The average molecular weight is 448 g/mol. The van der Waals surface area contributed by atoms with Crippen LogP contribution in [0.4, 0.5) is 11.5 Å². The lowest BCUT2D eigenvalue weighted by Gasteiger charge is -2.32. The summed E-state index contributed by atoms with van der Waals surface area (Å²) in [5.74, 6) is 0.492. The van der Waals surface area contributed by atoms with Crippen LogP contribution in [0.25, 0.3) is 6.08 Å². The van der Waals surface area contributed by atoms with E-state index in [2.05, 4.69) is 64.3 Å². The molecule has 33 heavy (non-hydrogen) atoms. The SMILES string of the molecule is Cc1ccc([N+](=O)[O-])c(N2CCC(=C/C=C/c3cccc(CN4CCN(C)CC4)c3)CC2)n1. The predicted octanol–water partition coefficient (Wildman–Crippen LogP) is 4.29. The minimum absolute atomic E-state index is 0.0874. The third kappa shape index (κ3) is 6.27.